The van der Waals surface area contributed by atoms with Crippen molar-refractivity contribution in [2.45, 2.75) is 18.9 Å². The summed E-state index contributed by atoms with van der Waals surface area (Å²) in [4.78, 5) is 0. The lowest BCUT2D eigenvalue weighted by atomic mass is 10.0. The second-order valence-corrected chi connectivity index (χ2v) is 3.54. The highest BCUT2D eigenvalue weighted by Gasteiger charge is 2.24. The van der Waals surface area contributed by atoms with E-state index in [-0.39, 0.29) is 19.8 Å². The number of rotatable bonds is 10. The minimum atomic E-state index is -0.464. The van der Waals surface area contributed by atoms with E-state index in [0.29, 0.717) is 26.2 Å². The minimum Gasteiger partial charge on any atom is -0.394 e. The van der Waals surface area contributed by atoms with Crippen molar-refractivity contribution in [3.63, 3.8) is 0 Å². The zero-order valence-electron chi connectivity index (χ0n) is 9.57. The van der Waals surface area contributed by atoms with Gasteiger partial charge in [0.05, 0.1) is 38.6 Å². The van der Waals surface area contributed by atoms with Gasteiger partial charge in [-0.15, -0.1) is 0 Å². The molecule has 0 heterocycles. The maximum atomic E-state index is 8.69. The van der Waals surface area contributed by atoms with Gasteiger partial charge in [0.25, 0.3) is 0 Å². The van der Waals surface area contributed by atoms with Crippen LogP contribution < -0.4 is 0 Å². The third-order valence-corrected chi connectivity index (χ3v) is 2.02. The fourth-order valence-corrected chi connectivity index (χ4v) is 1.15. The molecule has 0 aliphatic carbocycles. The molecular weight excluding hydrogens is 200 g/mol. The Kier molecular flexibility index (Phi) is 8.94. The van der Waals surface area contributed by atoms with Crippen molar-refractivity contribution in [2.24, 2.45) is 0 Å². The zero-order valence-corrected chi connectivity index (χ0v) is 9.57. The Morgan fingerprint density at radius 2 is 1.73 bits per heavy atom. The molecule has 0 aromatic heterocycles. The summed E-state index contributed by atoms with van der Waals surface area (Å²) < 4.78 is 15.7. The quantitative estimate of drug-likeness (QED) is 0.501. The van der Waals surface area contributed by atoms with Gasteiger partial charge in [-0.1, -0.05) is 0 Å². The molecule has 0 radical (unpaired) electrons. The smallest absolute Gasteiger partial charge is 0.0909 e. The van der Waals surface area contributed by atoms with E-state index in [1.54, 1.807) is 7.11 Å². The van der Waals surface area contributed by atoms with E-state index in [1.807, 2.05) is 6.92 Å². The monoisotopic (exact) mass is 222 g/mol. The van der Waals surface area contributed by atoms with Crippen LogP contribution in [0.2, 0.25) is 0 Å². The molecule has 0 rings (SSSR count). The largest absolute Gasteiger partial charge is 0.394 e. The predicted octanol–water partition coefficient (Wildman–Crippen LogP) is -0.201. The second-order valence-electron chi connectivity index (χ2n) is 3.54. The van der Waals surface area contributed by atoms with Gasteiger partial charge >= 0.3 is 0 Å². The average molecular weight is 222 g/mol. The van der Waals surface area contributed by atoms with Crippen molar-refractivity contribution in [3.05, 3.63) is 0 Å². The lowest BCUT2D eigenvalue weighted by molar-refractivity contribution is -0.108. The van der Waals surface area contributed by atoms with Crippen LogP contribution in [0, 0.1) is 0 Å². The number of aliphatic hydroxyl groups is 2. The number of hydrogen-bond donors (Lipinski definition) is 2. The Labute approximate surface area is 91.0 Å². The van der Waals surface area contributed by atoms with Crippen LogP contribution in [0.15, 0.2) is 0 Å². The molecule has 0 spiro atoms. The van der Waals surface area contributed by atoms with Gasteiger partial charge in [0, 0.05) is 20.1 Å². The van der Waals surface area contributed by atoms with Crippen LogP contribution in [0.5, 0.6) is 0 Å². The van der Waals surface area contributed by atoms with Crippen LogP contribution in [0.3, 0.4) is 0 Å². The molecule has 1 atom stereocenters. The molecule has 0 saturated heterocycles. The Morgan fingerprint density at radius 1 is 1.07 bits per heavy atom. The molecule has 5 heteroatoms. The predicted molar refractivity (Wildman–Crippen MR) is 55.8 cm³/mol. The van der Waals surface area contributed by atoms with Gasteiger partial charge < -0.3 is 24.4 Å². The first-order chi connectivity index (χ1) is 7.18. The first-order valence-corrected chi connectivity index (χ1v) is 5.11. The highest BCUT2D eigenvalue weighted by Crippen LogP contribution is 2.16. The molecule has 2 N–H and O–H groups in total. The van der Waals surface area contributed by atoms with Gasteiger partial charge in [0.15, 0.2) is 0 Å². The van der Waals surface area contributed by atoms with Gasteiger partial charge in [-0.2, -0.15) is 0 Å². The molecule has 0 aromatic rings. The fraction of sp³-hybridized carbons (Fsp3) is 1.00. The molecular formula is C10H22O5. The van der Waals surface area contributed by atoms with Crippen molar-refractivity contribution < 1.29 is 24.4 Å². The van der Waals surface area contributed by atoms with Gasteiger partial charge in [-0.05, 0) is 6.92 Å². The minimum absolute atomic E-state index is 0.000355. The van der Waals surface area contributed by atoms with Crippen molar-refractivity contribution in [2.75, 3.05) is 46.8 Å². The van der Waals surface area contributed by atoms with Crippen molar-refractivity contribution in [1.82, 2.24) is 0 Å². The lowest BCUT2D eigenvalue weighted by Crippen LogP contribution is -2.37. The van der Waals surface area contributed by atoms with Gasteiger partial charge in [0.1, 0.15) is 0 Å². The number of methoxy groups -OCH3 is 1. The third kappa shape index (κ3) is 7.70. The summed E-state index contributed by atoms with van der Waals surface area (Å²) in [6, 6.07) is 0. The average Bonchev–Trinajstić information content (AvgIpc) is 2.24. The molecule has 1 unspecified atom stereocenters. The summed E-state index contributed by atoms with van der Waals surface area (Å²) in [5, 5.41) is 17.3. The van der Waals surface area contributed by atoms with E-state index < -0.39 is 5.60 Å². The van der Waals surface area contributed by atoms with E-state index in [4.69, 9.17) is 24.4 Å². The normalized spacial score (nSPS) is 15.2. The Morgan fingerprint density at radius 3 is 2.27 bits per heavy atom. The molecule has 0 aliphatic rings. The van der Waals surface area contributed by atoms with E-state index in [0.717, 1.165) is 0 Å². The van der Waals surface area contributed by atoms with Crippen LogP contribution in [0.25, 0.3) is 0 Å². The maximum Gasteiger partial charge on any atom is 0.0909 e. The molecule has 0 aromatic carbocycles. The molecule has 0 fully saturated rings. The Hall–Kier alpha value is -0.200. The molecule has 0 bridgehead atoms. The van der Waals surface area contributed by atoms with E-state index in [9.17, 15) is 0 Å². The molecule has 15 heavy (non-hydrogen) atoms. The molecule has 0 aliphatic heterocycles. The SMILES string of the molecule is COCCC(C)(COCCO)OCCO. The molecule has 92 valence electrons. The standard InChI is InChI=1S/C10H22O5/c1-10(3-6-13-2,15-8-5-12)9-14-7-4-11/h11-12H,3-9H2,1-2H3. The van der Waals surface area contributed by atoms with Crippen molar-refractivity contribution in [1.29, 1.82) is 0 Å². The van der Waals surface area contributed by atoms with Crippen LogP contribution in [-0.4, -0.2) is 62.6 Å². The Bertz CT molecular complexity index is 132. The summed E-state index contributed by atoms with van der Waals surface area (Å²) in [6.45, 7) is 3.43. The van der Waals surface area contributed by atoms with Crippen LogP contribution in [0.1, 0.15) is 13.3 Å². The van der Waals surface area contributed by atoms with E-state index in [1.165, 1.54) is 0 Å². The topological polar surface area (TPSA) is 68.2 Å². The summed E-state index contributed by atoms with van der Waals surface area (Å²) in [5.41, 5.74) is -0.464. The summed E-state index contributed by atoms with van der Waals surface area (Å²) in [7, 11) is 1.63. The van der Waals surface area contributed by atoms with E-state index in [2.05, 4.69) is 0 Å². The van der Waals surface area contributed by atoms with Gasteiger partial charge in [-0.3, -0.25) is 0 Å². The highest BCUT2D eigenvalue weighted by atomic mass is 16.6. The fourth-order valence-electron chi connectivity index (χ4n) is 1.15. The van der Waals surface area contributed by atoms with Crippen LogP contribution in [-0.2, 0) is 14.2 Å². The summed E-state index contributed by atoms with van der Waals surface area (Å²) in [6.07, 6.45) is 0.689. The molecule has 0 saturated carbocycles. The molecule has 0 amide bonds. The zero-order chi connectivity index (χ0) is 11.6. The second kappa shape index (κ2) is 9.06. The first kappa shape index (κ1) is 14.8. The highest BCUT2D eigenvalue weighted by molar-refractivity contribution is 4.74. The Balaban J connectivity index is 3.89. The summed E-state index contributed by atoms with van der Waals surface area (Å²) in [5.74, 6) is 0. The first-order valence-electron chi connectivity index (χ1n) is 5.11. The number of ether oxygens (including phenoxy) is 3. The maximum absolute atomic E-state index is 8.69. The molecule has 5 nitrogen and oxygen atoms in total. The van der Waals surface area contributed by atoms with Crippen molar-refractivity contribution in [3.8, 4) is 0 Å². The third-order valence-electron chi connectivity index (χ3n) is 2.02. The lowest BCUT2D eigenvalue weighted by Gasteiger charge is -2.29. The number of hydrogen-bond acceptors (Lipinski definition) is 5. The van der Waals surface area contributed by atoms with Gasteiger partial charge in [-0.25, -0.2) is 0 Å². The number of aliphatic hydroxyl groups excluding tert-OH is 2. The van der Waals surface area contributed by atoms with Gasteiger partial charge in [0.2, 0.25) is 0 Å². The van der Waals surface area contributed by atoms with E-state index >= 15 is 0 Å². The van der Waals surface area contributed by atoms with Crippen LogP contribution >= 0.6 is 0 Å². The van der Waals surface area contributed by atoms with Crippen LogP contribution in [0.4, 0.5) is 0 Å². The van der Waals surface area contributed by atoms with Crippen molar-refractivity contribution >= 4 is 0 Å². The summed E-state index contributed by atoms with van der Waals surface area (Å²) >= 11 is 0.